The first-order valence-corrected chi connectivity index (χ1v) is 3.30. The molecule has 0 bridgehead atoms. The number of anilines is 1. The zero-order valence-electron chi connectivity index (χ0n) is 6.56. The molecule has 2 N–H and O–H groups in total. The zero-order chi connectivity index (χ0) is 7.84. The molecule has 0 aliphatic carbocycles. The maximum absolute atomic E-state index is 5.65. The predicted molar refractivity (Wildman–Crippen MR) is 50.2 cm³/mol. The van der Waals surface area contributed by atoms with Gasteiger partial charge in [-0.15, -0.1) is 12.4 Å². The van der Waals surface area contributed by atoms with Crippen molar-refractivity contribution in [1.29, 1.82) is 0 Å². The van der Waals surface area contributed by atoms with Crippen molar-refractivity contribution in [3.8, 4) is 0 Å². The Balaban J connectivity index is 0.000000720. The average molecular weight is 185 g/mol. The first kappa shape index (κ1) is 8.80. The second-order valence-electron chi connectivity index (χ2n) is 2.43. The summed E-state index contributed by atoms with van der Waals surface area (Å²) in [6.45, 7) is 0. The van der Waals surface area contributed by atoms with Crippen molar-refractivity contribution in [3.05, 3.63) is 18.6 Å². The van der Waals surface area contributed by atoms with Crippen LogP contribution in [0.15, 0.2) is 18.6 Å². The third-order valence-electron chi connectivity index (χ3n) is 1.63. The van der Waals surface area contributed by atoms with Crippen molar-refractivity contribution in [3.63, 3.8) is 0 Å². The predicted octanol–water partition coefficient (Wildman–Crippen LogP) is 0.972. The van der Waals surface area contributed by atoms with Crippen LogP contribution < -0.4 is 5.73 Å². The van der Waals surface area contributed by atoms with Crippen LogP contribution in [0.2, 0.25) is 0 Å². The standard InChI is InChI=1S/C7H8N4.ClH/c1-11-4-10-6-5(8)2-3-9-7(6)11;/h2-4H,1H3,(H2,8,9);1H. The Kier molecular flexibility index (Phi) is 2.19. The second kappa shape index (κ2) is 2.98. The largest absolute Gasteiger partial charge is 0.397 e. The minimum Gasteiger partial charge on any atom is -0.397 e. The van der Waals surface area contributed by atoms with Gasteiger partial charge in [-0.2, -0.15) is 0 Å². The van der Waals surface area contributed by atoms with Crippen molar-refractivity contribution in [2.45, 2.75) is 0 Å². The Morgan fingerprint density at radius 1 is 1.42 bits per heavy atom. The Hall–Kier alpha value is -1.29. The molecule has 0 aliphatic heterocycles. The lowest BCUT2D eigenvalue weighted by atomic mass is 10.4. The van der Waals surface area contributed by atoms with Crippen molar-refractivity contribution in [1.82, 2.24) is 14.5 Å². The van der Waals surface area contributed by atoms with Crippen molar-refractivity contribution >= 4 is 29.3 Å². The Labute approximate surface area is 75.8 Å². The summed E-state index contributed by atoms with van der Waals surface area (Å²) in [4.78, 5) is 8.22. The van der Waals surface area contributed by atoms with Crippen LogP contribution in [0.4, 0.5) is 5.69 Å². The van der Waals surface area contributed by atoms with Gasteiger partial charge in [0.15, 0.2) is 5.65 Å². The molecule has 0 aromatic carbocycles. The number of pyridine rings is 1. The summed E-state index contributed by atoms with van der Waals surface area (Å²) in [6, 6.07) is 1.75. The van der Waals surface area contributed by atoms with Crippen LogP contribution in [-0.4, -0.2) is 14.5 Å². The van der Waals surface area contributed by atoms with Crippen molar-refractivity contribution < 1.29 is 0 Å². The molecule has 0 amide bonds. The second-order valence-corrected chi connectivity index (χ2v) is 2.43. The lowest BCUT2D eigenvalue weighted by molar-refractivity contribution is 0.931. The zero-order valence-corrected chi connectivity index (χ0v) is 7.38. The number of aromatic nitrogens is 3. The third-order valence-corrected chi connectivity index (χ3v) is 1.63. The van der Waals surface area contributed by atoms with Crippen molar-refractivity contribution in [2.75, 3.05) is 5.73 Å². The lowest BCUT2D eigenvalue weighted by Crippen LogP contribution is -1.90. The number of imidazole rings is 1. The highest BCUT2D eigenvalue weighted by atomic mass is 35.5. The van der Waals surface area contributed by atoms with E-state index in [9.17, 15) is 0 Å². The van der Waals surface area contributed by atoms with Crippen LogP contribution in [0.3, 0.4) is 0 Å². The minimum atomic E-state index is 0. The van der Waals surface area contributed by atoms with E-state index in [4.69, 9.17) is 5.73 Å². The van der Waals surface area contributed by atoms with E-state index in [1.165, 1.54) is 0 Å². The molecule has 0 aliphatic rings. The summed E-state index contributed by atoms with van der Waals surface area (Å²) in [5.41, 5.74) is 7.93. The lowest BCUT2D eigenvalue weighted by Gasteiger charge is -1.93. The summed E-state index contributed by atoms with van der Waals surface area (Å²) in [6.07, 6.45) is 3.38. The topological polar surface area (TPSA) is 56.7 Å². The van der Waals surface area contributed by atoms with Crippen LogP contribution in [0.25, 0.3) is 11.2 Å². The quantitative estimate of drug-likeness (QED) is 0.664. The first-order chi connectivity index (χ1) is 5.29. The molecule has 2 rings (SSSR count). The number of rotatable bonds is 0. The van der Waals surface area contributed by atoms with E-state index in [2.05, 4.69) is 9.97 Å². The van der Waals surface area contributed by atoms with Crippen LogP contribution in [0, 0.1) is 0 Å². The highest BCUT2D eigenvalue weighted by Crippen LogP contribution is 2.14. The summed E-state index contributed by atoms with van der Waals surface area (Å²) in [5.74, 6) is 0. The molecule has 0 radical (unpaired) electrons. The molecule has 0 spiro atoms. The molecule has 2 heterocycles. The van der Waals surface area contributed by atoms with Gasteiger partial charge in [0.05, 0.1) is 12.0 Å². The van der Waals surface area contributed by atoms with Gasteiger partial charge in [-0.05, 0) is 6.07 Å². The van der Waals surface area contributed by atoms with E-state index < -0.39 is 0 Å². The number of fused-ring (bicyclic) bond motifs is 1. The highest BCUT2D eigenvalue weighted by Gasteiger charge is 2.01. The number of nitrogen functional groups attached to an aromatic ring is 1. The maximum atomic E-state index is 5.65. The van der Waals surface area contributed by atoms with E-state index in [0.717, 1.165) is 11.2 Å². The van der Waals surface area contributed by atoms with Crippen molar-refractivity contribution in [2.24, 2.45) is 7.05 Å². The van der Waals surface area contributed by atoms with Gasteiger partial charge in [0.1, 0.15) is 5.52 Å². The van der Waals surface area contributed by atoms with Gasteiger partial charge in [0.2, 0.25) is 0 Å². The van der Waals surface area contributed by atoms with E-state index in [-0.39, 0.29) is 12.4 Å². The first-order valence-electron chi connectivity index (χ1n) is 3.30. The normalized spacial score (nSPS) is 9.75. The van der Waals surface area contributed by atoms with Crippen LogP contribution in [0.1, 0.15) is 0 Å². The fourth-order valence-corrected chi connectivity index (χ4v) is 1.05. The molecule has 0 fully saturated rings. The maximum Gasteiger partial charge on any atom is 0.161 e. The van der Waals surface area contributed by atoms with E-state index in [0.29, 0.717) is 5.69 Å². The summed E-state index contributed by atoms with van der Waals surface area (Å²) in [5, 5.41) is 0. The Morgan fingerprint density at radius 3 is 2.83 bits per heavy atom. The molecule has 12 heavy (non-hydrogen) atoms. The Morgan fingerprint density at radius 2 is 2.17 bits per heavy atom. The average Bonchev–Trinajstić information content (AvgIpc) is 2.35. The van der Waals surface area contributed by atoms with Gasteiger partial charge >= 0.3 is 0 Å². The molecule has 64 valence electrons. The Bertz CT molecular complexity index is 395. The summed E-state index contributed by atoms with van der Waals surface area (Å²) < 4.78 is 1.84. The monoisotopic (exact) mass is 184 g/mol. The number of halogens is 1. The number of aryl methyl sites for hydroxylation is 1. The molecule has 2 aromatic rings. The van der Waals surface area contributed by atoms with Crippen LogP contribution >= 0.6 is 12.4 Å². The number of nitrogens with two attached hydrogens (primary N) is 1. The fraction of sp³-hybridized carbons (Fsp3) is 0.143. The van der Waals surface area contributed by atoms with Gasteiger partial charge in [-0.1, -0.05) is 0 Å². The SMILES string of the molecule is Cl.Cn1cnc2c(N)ccnc21. The summed E-state index contributed by atoms with van der Waals surface area (Å²) in [7, 11) is 1.89. The fourth-order valence-electron chi connectivity index (χ4n) is 1.05. The molecule has 5 heteroatoms. The number of nitrogens with zero attached hydrogens (tertiary/aromatic N) is 3. The molecule has 0 unspecified atom stereocenters. The van der Waals surface area contributed by atoms with Crippen LogP contribution in [0.5, 0.6) is 0 Å². The molecular weight excluding hydrogens is 176 g/mol. The molecule has 0 saturated heterocycles. The van der Waals surface area contributed by atoms with Gasteiger partial charge in [0, 0.05) is 13.2 Å². The third kappa shape index (κ3) is 1.10. The minimum absolute atomic E-state index is 0. The molecular formula is C7H9ClN4. The smallest absolute Gasteiger partial charge is 0.161 e. The molecule has 0 saturated carbocycles. The van der Waals surface area contributed by atoms with E-state index in [1.54, 1.807) is 18.6 Å². The van der Waals surface area contributed by atoms with Crippen LogP contribution in [-0.2, 0) is 7.05 Å². The molecule has 0 atom stereocenters. The molecule has 2 aromatic heterocycles. The van der Waals surface area contributed by atoms with Gasteiger partial charge in [-0.3, -0.25) is 0 Å². The van der Waals surface area contributed by atoms with Gasteiger partial charge in [0.25, 0.3) is 0 Å². The number of hydrogen-bond donors (Lipinski definition) is 1. The highest BCUT2D eigenvalue weighted by molar-refractivity contribution is 5.85. The number of hydrogen-bond acceptors (Lipinski definition) is 3. The van der Waals surface area contributed by atoms with Gasteiger partial charge < -0.3 is 10.3 Å². The van der Waals surface area contributed by atoms with E-state index >= 15 is 0 Å². The van der Waals surface area contributed by atoms with E-state index in [1.807, 2.05) is 11.6 Å². The molecule has 4 nitrogen and oxygen atoms in total. The summed E-state index contributed by atoms with van der Waals surface area (Å²) >= 11 is 0. The van der Waals surface area contributed by atoms with Gasteiger partial charge in [-0.25, -0.2) is 9.97 Å².